The van der Waals surface area contributed by atoms with Crippen molar-refractivity contribution in [3.63, 3.8) is 0 Å². The summed E-state index contributed by atoms with van der Waals surface area (Å²) in [5.74, 6) is 2.33. The van der Waals surface area contributed by atoms with Gasteiger partial charge in [-0.3, -0.25) is 0 Å². The molecule has 1 aromatic carbocycles. The number of rotatable bonds is 6. The third-order valence-corrected chi connectivity index (χ3v) is 5.28. The number of piperazine rings is 1. The normalized spacial score (nSPS) is 20.6. The molecule has 0 amide bonds. The van der Waals surface area contributed by atoms with Crippen molar-refractivity contribution in [2.75, 3.05) is 38.5 Å². The van der Waals surface area contributed by atoms with Gasteiger partial charge in [-0.1, -0.05) is 12.1 Å². The van der Waals surface area contributed by atoms with Crippen LogP contribution in [0.4, 0.5) is 0 Å². The minimum absolute atomic E-state index is 1.01. The van der Waals surface area contributed by atoms with E-state index in [-0.39, 0.29) is 0 Å². The van der Waals surface area contributed by atoms with Crippen LogP contribution in [0.3, 0.4) is 0 Å². The van der Waals surface area contributed by atoms with Crippen LogP contribution in [0.1, 0.15) is 18.4 Å². The second-order valence-electron chi connectivity index (χ2n) is 5.74. The molecule has 1 aromatic rings. The van der Waals surface area contributed by atoms with Crippen molar-refractivity contribution in [2.45, 2.75) is 24.2 Å². The Balaban J connectivity index is 1.42. The summed E-state index contributed by atoms with van der Waals surface area (Å²) in [5, 5.41) is 3.40. The zero-order valence-electron chi connectivity index (χ0n) is 11.6. The lowest BCUT2D eigenvalue weighted by atomic mass is 10.1. The Morgan fingerprint density at radius 1 is 1.11 bits per heavy atom. The summed E-state index contributed by atoms with van der Waals surface area (Å²) >= 11 is 2.03. The number of benzene rings is 1. The Morgan fingerprint density at radius 3 is 2.53 bits per heavy atom. The third kappa shape index (κ3) is 4.51. The van der Waals surface area contributed by atoms with Crippen LogP contribution in [-0.4, -0.2) is 43.4 Å². The van der Waals surface area contributed by atoms with Gasteiger partial charge in [-0.05, 0) is 42.9 Å². The maximum Gasteiger partial charge on any atom is 0.0108 e. The average Bonchev–Trinajstić information content (AvgIpc) is 3.29. The minimum Gasteiger partial charge on any atom is -0.314 e. The molecule has 1 N–H and O–H groups in total. The van der Waals surface area contributed by atoms with Crippen molar-refractivity contribution in [2.24, 2.45) is 5.92 Å². The molecule has 19 heavy (non-hydrogen) atoms. The SMILES string of the molecule is c1cc(SCC2CC2)ccc1CCN1CCNCC1. The van der Waals surface area contributed by atoms with Crippen LogP contribution in [0, 0.1) is 5.92 Å². The summed E-state index contributed by atoms with van der Waals surface area (Å²) in [5.41, 5.74) is 1.48. The van der Waals surface area contributed by atoms with Gasteiger partial charge in [0.1, 0.15) is 0 Å². The fourth-order valence-electron chi connectivity index (χ4n) is 2.47. The van der Waals surface area contributed by atoms with Crippen LogP contribution in [0.25, 0.3) is 0 Å². The van der Waals surface area contributed by atoms with E-state index in [4.69, 9.17) is 0 Å². The molecule has 0 bridgehead atoms. The molecule has 1 aliphatic carbocycles. The highest BCUT2D eigenvalue weighted by molar-refractivity contribution is 7.99. The number of nitrogens with zero attached hydrogens (tertiary/aromatic N) is 1. The first-order chi connectivity index (χ1) is 9.40. The summed E-state index contributed by atoms with van der Waals surface area (Å²) in [6.45, 7) is 5.91. The Morgan fingerprint density at radius 2 is 1.84 bits per heavy atom. The van der Waals surface area contributed by atoms with Gasteiger partial charge in [-0.2, -0.15) is 0 Å². The van der Waals surface area contributed by atoms with E-state index in [1.54, 1.807) is 0 Å². The first-order valence-corrected chi connectivity index (χ1v) is 8.53. The maximum absolute atomic E-state index is 3.40. The number of hydrogen-bond acceptors (Lipinski definition) is 3. The largest absolute Gasteiger partial charge is 0.314 e. The fourth-order valence-corrected chi connectivity index (χ4v) is 3.56. The molecule has 104 valence electrons. The Hall–Kier alpha value is -0.510. The molecule has 1 saturated carbocycles. The maximum atomic E-state index is 3.40. The molecule has 3 rings (SSSR count). The van der Waals surface area contributed by atoms with Crippen molar-refractivity contribution in [3.05, 3.63) is 29.8 Å². The van der Waals surface area contributed by atoms with E-state index in [2.05, 4.69) is 34.5 Å². The van der Waals surface area contributed by atoms with Crippen molar-refractivity contribution in [1.29, 1.82) is 0 Å². The first-order valence-electron chi connectivity index (χ1n) is 7.55. The van der Waals surface area contributed by atoms with E-state index in [9.17, 15) is 0 Å². The second kappa shape index (κ2) is 6.78. The molecule has 1 saturated heterocycles. The fraction of sp³-hybridized carbons (Fsp3) is 0.625. The smallest absolute Gasteiger partial charge is 0.0108 e. The molecule has 3 heteroatoms. The molecule has 0 aromatic heterocycles. The molecular formula is C16H24N2S. The first kappa shape index (κ1) is 13.5. The predicted molar refractivity (Wildman–Crippen MR) is 82.9 cm³/mol. The molecule has 0 unspecified atom stereocenters. The monoisotopic (exact) mass is 276 g/mol. The van der Waals surface area contributed by atoms with Crippen molar-refractivity contribution >= 4 is 11.8 Å². The quantitative estimate of drug-likeness (QED) is 0.804. The van der Waals surface area contributed by atoms with Crippen LogP contribution in [0.5, 0.6) is 0 Å². The minimum atomic E-state index is 1.01. The highest BCUT2D eigenvalue weighted by Gasteiger charge is 2.20. The van der Waals surface area contributed by atoms with E-state index in [1.165, 1.54) is 55.1 Å². The molecule has 0 radical (unpaired) electrons. The van der Waals surface area contributed by atoms with E-state index >= 15 is 0 Å². The van der Waals surface area contributed by atoms with Gasteiger partial charge in [0.15, 0.2) is 0 Å². The highest BCUT2D eigenvalue weighted by Crippen LogP contribution is 2.34. The number of thioether (sulfide) groups is 1. The summed E-state index contributed by atoms with van der Waals surface area (Å²) in [4.78, 5) is 4.00. The topological polar surface area (TPSA) is 15.3 Å². The van der Waals surface area contributed by atoms with Gasteiger partial charge in [-0.15, -0.1) is 11.8 Å². The molecule has 0 spiro atoms. The van der Waals surface area contributed by atoms with Crippen molar-refractivity contribution in [3.8, 4) is 0 Å². The standard InChI is InChI=1S/C16H24N2S/c1-2-15(1)13-19-16-5-3-14(4-6-16)7-10-18-11-8-17-9-12-18/h3-6,15,17H,1-2,7-13H2. The highest BCUT2D eigenvalue weighted by atomic mass is 32.2. The van der Waals surface area contributed by atoms with Crippen LogP contribution in [0.15, 0.2) is 29.2 Å². The second-order valence-corrected chi connectivity index (χ2v) is 6.83. The summed E-state index contributed by atoms with van der Waals surface area (Å²) in [6.07, 6.45) is 4.10. The summed E-state index contributed by atoms with van der Waals surface area (Å²) < 4.78 is 0. The van der Waals surface area contributed by atoms with Gasteiger partial charge in [-0.25, -0.2) is 0 Å². The van der Waals surface area contributed by atoms with Gasteiger partial charge < -0.3 is 10.2 Å². The van der Waals surface area contributed by atoms with Crippen LogP contribution in [0.2, 0.25) is 0 Å². The molecule has 1 aliphatic heterocycles. The lowest BCUT2D eigenvalue weighted by Crippen LogP contribution is -2.44. The van der Waals surface area contributed by atoms with Gasteiger partial charge in [0.25, 0.3) is 0 Å². The lowest BCUT2D eigenvalue weighted by molar-refractivity contribution is 0.244. The van der Waals surface area contributed by atoms with E-state index in [1.807, 2.05) is 11.8 Å². The van der Waals surface area contributed by atoms with Gasteiger partial charge in [0.2, 0.25) is 0 Å². The van der Waals surface area contributed by atoms with Gasteiger partial charge in [0, 0.05) is 43.4 Å². The van der Waals surface area contributed by atoms with Crippen LogP contribution in [-0.2, 0) is 6.42 Å². The Bertz CT molecular complexity index is 380. The van der Waals surface area contributed by atoms with Crippen LogP contribution >= 0.6 is 11.8 Å². The van der Waals surface area contributed by atoms with E-state index in [0.29, 0.717) is 0 Å². The zero-order valence-corrected chi connectivity index (χ0v) is 12.4. The lowest BCUT2D eigenvalue weighted by Gasteiger charge is -2.27. The van der Waals surface area contributed by atoms with Crippen molar-refractivity contribution in [1.82, 2.24) is 10.2 Å². The van der Waals surface area contributed by atoms with E-state index in [0.717, 1.165) is 19.0 Å². The molecule has 2 aliphatic rings. The molecule has 1 heterocycles. The molecule has 2 fully saturated rings. The number of hydrogen-bond donors (Lipinski definition) is 1. The van der Waals surface area contributed by atoms with Gasteiger partial charge in [0.05, 0.1) is 0 Å². The van der Waals surface area contributed by atoms with Gasteiger partial charge >= 0.3 is 0 Å². The predicted octanol–water partition coefficient (Wildman–Crippen LogP) is 2.64. The Labute approximate surface area is 121 Å². The molecular weight excluding hydrogens is 252 g/mol. The zero-order chi connectivity index (χ0) is 12.9. The Kier molecular flexibility index (Phi) is 4.81. The summed E-state index contributed by atoms with van der Waals surface area (Å²) in [7, 11) is 0. The van der Waals surface area contributed by atoms with E-state index < -0.39 is 0 Å². The average molecular weight is 276 g/mol. The third-order valence-electron chi connectivity index (χ3n) is 4.03. The molecule has 2 nitrogen and oxygen atoms in total. The van der Waals surface area contributed by atoms with Crippen LogP contribution < -0.4 is 5.32 Å². The number of nitrogens with one attached hydrogen (secondary N) is 1. The van der Waals surface area contributed by atoms with Crippen molar-refractivity contribution < 1.29 is 0 Å². The summed E-state index contributed by atoms with van der Waals surface area (Å²) in [6, 6.07) is 9.25. The molecule has 0 atom stereocenters.